The lowest BCUT2D eigenvalue weighted by Crippen LogP contribution is -2.17. The molecule has 0 radical (unpaired) electrons. The van der Waals surface area contributed by atoms with Crippen LogP contribution in [0.1, 0.15) is 11.6 Å². The fourth-order valence-electron chi connectivity index (χ4n) is 1.92. The van der Waals surface area contributed by atoms with Crippen molar-refractivity contribution in [1.82, 2.24) is 4.98 Å². The number of pyridine rings is 1. The van der Waals surface area contributed by atoms with E-state index in [0.29, 0.717) is 6.61 Å². The van der Waals surface area contributed by atoms with Gasteiger partial charge in [0.2, 0.25) is 5.82 Å². The molecule has 0 saturated carbocycles. The molecule has 1 aromatic carbocycles. The highest BCUT2D eigenvalue weighted by Gasteiger charge is 2.20. The van der Waals surface area contributed by atoms with E-state index in [4.69, 9.17) is 16.3 Å². The van der Waals surface area contributed by atoms with Crippen LogP contribution in [0.15, 0.2) is 42.5 Å². The fraction of sp³-hybridized carbons (Fsp3) is 0.214. The van der Waals surface area contributed by atoms with Crippen molar-refractivity contribution in [2.75, 3.05) is 19.0 Å². The van der Waals surface area contributed by atoms with Gasteiger partial charge >= 0.3 is 5.69 Å². The number of nitrogens with one attached hydrogen (secondary N) is 1. The third-order valence-corrected chi connectivity index (χ3v) is 3.09. The first-order valence-corrected chi connectivity index (χ1v) is 6.61. The molecule has 1 atom stereocenters. The fourth-order valence-corrected chi connectivity index (χ4v) is 2.07. The predicted molar refractivity (Wildman–Crippen MR) is 80.6 cm³/mol. The van der Waals surface area contributed by atoms with Crippen molar-refractivity contribution in [3.05, 3.63) is 63.3 Å². The van der Waals surface area contributed by atoms with Gasteiger partial charge < -0.3 is 10.1 Å². The van der Waals surface area contributed by atoms with E-state index in [1.54, 1.807) is 7.11 Å². The van der Waals surface area contributed by atoms with E-state index in [-0.39, 0.29) is 22.7 Å². The van der Waals surface area contributed by atoms with Gasteiger partial charge in [-0.3, -0.25) is 10.1 Å². The summed E-state index contributed by atoms with van der Waals surface area (Å²) in [6.07, 6.45) is 0. The Hall–Kier alpha value is -2.18. The van der Waals surface area contributed by atoms with Crippen LogP contribution in [0.25, 0.3) is 0 Å². The summed E-state index contributed by atoms with van der Waals surface area (Å²) in [5.74, 6) is 0.124. The van der Waals surface area contributed by atoms with E-state index in [1.807, 2.05) is 30.3 Å². The number of aromatic nitrogens is 1. The van der Waals surface area contributed by atoms with Crippen LogP contribution in [0, 0.1) is 10.1 Å². The van der Waals surface area contributed by atoms with Gasteiger partial charge in [-0.25, -0.2) is 4.98 Å². The first kappa shape index (κ1) is 15.2. The van der Waals surface area contributed by atoms with Crippen LogP contribution < -0.4 is 5.32 Å². The summed E-state index contributed by atoms with van der Waals surface area (Å²) >= 11 is 5.82. The molecule has 6 nitrogen and oxygen atoms in total. The largest absolute Gasteiger partial charge is 0.382 e. The highest BCUT2D eigenvalue weighted by atomic mass is 35.5. The van der Waals surface area contributed by atoms with Crippen LogP contribution >= 0.6 is 11.6 Å². The van der Waals surface area contributed by atoms with E-state index in [0.717, 1.165) is 5.56 Å². The van der Waals surface area contributed by atoms with Crippen molar-refractivity contribution in [3.63, 3.8) is 0 Å². The monoisotopic (exact) mass is 307 g/mol. The van der Waals surface area contributed by atoms with Gasteiger partial charge in [0, 0.05) is 13.2 Å². The molecule has 1 unspecified atom stereocenters. The summed E-state index contributed by atoms with van der Waals surface area (Å²) < 4.78 is 5.17. The molecule has 0 aliphatic rings. The van der Waals surface area contributed by atoms with E-state index in [1.165, 1.54) is 12.1 Å². The molecular weight excluding hydrogens is 294 g/mol. The highest BCUT2D eigenvalue weighted by Crippen LogP contribution is 2.28. The van der Waals surface area contributed by atoms with Gasteiger partial charge in [-0.1, -0.05) is 41.9 Å². The second-order valence-corrected chi connectivity index (χ2v) is 4.71. The summed E-state index contributed by atoms with van der Waals surface area (Å²) in [6.45, 7) is 0.343. The Labute approximate surface area is 126 Å². The number of nitro groups is 1. The number of halogens is 1. The normalized spacial score (nSPS) is 11.9. The maximum Gasteiger partial charge on any atom is 0.311 e. The van der Waals surface area contributed by atoms with Crippen molar-refractivity contribution < 1.29 is 9.66 Å². The van der Waals surface area contributed by atoms with Crippen LogP contribution in [0.4, 0.5) is 11.5 Å². The molecule has 0 aliphatic carbocycles. The van der Waals surface area contributed by atoms with Gasteiger partial charge in [-0.15, -0.1) is 0 Å². The maximum atomic E-state index is 11.1. The molecule has 0 fully saturated rings. The molecule has 1 heterocycles. The van der Waals surface area contributed by atoms with Crippen molar-refractivity contribution in [2.24, 2.45) is 0 Å². The lowest BCUT2D eigenvalue weighted by Gasteiger charge is -2.19. The Bertz CT molecular complexity index is 622. The number of hydrogen-bond acceptors (Lipinski definition) is 5. The van der Waals surface area contributed by atoms with Gasteiger partial charge in [0.1, 0.15) is 5.15 Å². The zero-order chi connectivity index (χ0) is 15.2. The van der Waals surface area contributed by atoms with E-state index >= 15 is 0 Å². The van der Waals surface area contributed by atoms with Gasteiger partial charge in [0.15, 0.2) is 0 Å². The molecule has 0 aliphatic heterocycles. The first-order valence-electron chi connectivity index (χ1n) is 6.23. The van der Waals surface area contributed by atoms with Gasteiger partial charge in [0.05, 0.1) is 17.6 Å². The summed E-state index contributed by atoms with van der Waals surface area (Å²) in [6, 6.07) is 11.9. The van der Waals surface area contributed by atoms with Crippen LogP contribution in [0.2, 0.25) is 5.15 Å². The second-order valence-electron chi connectivity index (χ2n) is 4.32. The van der Waals surface area contributed by atoms with Crippen LogP contribution in [-0.4, -0.2) is 23.6 Å². The summed E-state index contributed by atoms with van der Waals surface area (Å²) in [4.78, 5) is 14.6. The smallest absolute Gasteiger partial charge is 0.311 e. The summed E-state index contributed by atoms with van der Waals surface area (Å²) in [5, 5.41) is 14.3. The molecule has 0 bridgehead atoms. The number of nitrogens with zero attached hydrogens (tertiary/aromatic N) is 2. The summed E-state index contributed by atoms with van der Waals surface area (Å²) in [7, 11) is 1.57. The number of benzene rings is 1. The lowest BCUT2D eigenvalue weighted by molar-refractivity contribution is -0.384. The Morgan fingerprint density at radius 2 is 2.05 bits per heavy atom. The minimum atomic E-state index is -0.499. The molecule has 1 aromatic heterocycles. The average Bonchev–Trinajstić information content (AvgIpc) is 2.47. The Kier molecular flexibility index (Phi) is 5.08. The van der Waals surface area contributed by atoms with Crippen molar-refractivity contribution in [1.29, 1.82) is 0 Å². The third kappa shape index (κ3) is 3.90. The quantitative estimate of drug-likeness (QED) is 0.502. The third-order valence-electron chi connectivity index (χ3n) is 2.88. The van der Waals surface area contributed by atoms with Crippen LogP contribution in [0.5, 0.6) is 0 Å². The maximum absolute atomic E-state index is 11.1. The van der Waals surface area contributed by atoms with Gasteiger partial charge in [-0.2, -0.15) is 0 Å². The van der Waals surface area contributed by atoms with E-state index < -0.39 is 4.92 Å². The van der Waals surface area contributed by atoms with Crippen molar-refractivity contribution in [2.45, 2.75) is 6.04 Å². The van der Waals surface area contributed by atoms with Crippen LogP contribution in [0.3, 0.4) is 0 Å². The molecule has 2 rings (SSSR count). The Morgan fingerprint density at radius 3 is 2.67 bits per heavy atom. The molecule has 2 aromatic rings. The number of ether oxygens (including phenoxy) is 1. The number of anilines is 1. The molecule has 0 amide bonds. The SMILES string of the molecule is COCC(Nc1nc(Cl)ccc1[N+](=O)[O-])c1ccccc1. The Morgan fingerprint density at radius 1 is 1.33 bits per heavy atom. The minimum Gasteiger partial charge on any atom is -0.382 e. The van der Waals surface area contributed by atoms with Gasteiger partial charge in [-0.05, 0) is 11.6 Å². The highest BCUT2D eigenvalue weighted by molar-refractivity contribution is 6.29. The van der Waals surface area contributed by atoms with Crippen LogP contribution in [-0.2, 0) is 4.74 Å². The molecule has 0 spiro atoms. The molecule has 21 heavy (non-hydrogen) atoms. The Balaban J connectivity index is 2.33. The van der Waals surface area contributed by atoms with E-state index in [2.05, 4.69) is 10.3 Å². The lowest BCUT2D eigenvalue weighted by atomic mass is 10.1. The zero-order valence-corrected chi connectivity index (χ0v) is 12.1. The van der Waals surface area contributed by atoms with Gasteiger partial charge in [0.25, 0.3) is 0 Å². The summed E-state index contributed by atoms with van der Waals surface area (Å²) in [5.41, 5.74) is 0.812. The van der Waals surface area contributed by atoms with Crippen molar-refractivity contribution in [3.8, 4) is 0 Å². The second kappa shape index (κ2) is 7.01. The number of rotatable bonds is 6. The minimum absolute atomic E-state index is 0.124. The molecule has 7 heteroatoms. The average molecular weight is 308 g/mol. The zero-order valence-electron chi connectivity index (χ0n) is 11.3. The standard InChI is InChI=1S/C14H14ClN3O3/c1-21-9-11(10-5-3-2-4-6-10)16-14-12(18(19)20)7-8-13(15)17-14/h2-8,11H,9H2,1H3,(H,16,17). The number of methoxy groups -OCH3 is 1. The topological polar surface area (TPSA) is 77.3 Å². The predicted octanol–water partition coefficient (Wildman–Crippen LogP) is 3.44. The molecule has 0 saturated heterocycles. The first-order chi connectivity index (χ1) is 10.1. The number of hydrogen-bond donors (Lipinski definition) is 1. The molecular formula is C14H14ClN3O3. The molecule has 1 N–H and O–H groups in total. The van der Waals surface area contributed by atoms with Crippen molar-refractivity contribution >= 4 is 23.1 Å². The van der Waals surface area contributed by atoms with E-state index in [9.17, 15) is 10.1 Å². The molecule has 110 valence electrons.